The highest BCUT2D eigenvalue weighted by Crippen LogP contribution is 2.21. The lowest BCUT2D eigenvalue weighted by Crippen LogP contribution is -2.26. The largest absolute Gasteiger partial charge is 0.477 e. The number of carbonyl (C=O) groups excluding carboxylic acids is 1. The fourth-order valence-corrected chi connectivity index (χ4v) is 4.50. The third kappa shape index (κ3) is 5.06. The summed E-state index contributed by atoms with van der Waals surface area (Å²) in [6.45, 7) is 3.60. The van der Waals surface area contributed by atoms with Gasteiger partial charge in [-0.25, -0.2) is 9.78 Å². The molecule has 1 aliphatic rings. The average Bonchev–Trinajstić information content (AvgIpc) is 3.33. The lowest BCUT2D eigenvalue weighted by Gasteiger charge is -2.15. The Kier molecular flexibility index (Phi) is 6.68. The van der Waals surface area contributed by atoms with Crippen LogP contribution in [0.2, 0.25) is 0 Å². The van der Waals surface area contributed by atoms with E-state index < -0.39 is 11.4 Å². The minimum Gasteiger partial charge on any atom is -0.477 e. The smallest absolute Gasteiger partial charge is 0.341 e. The number of anilines is 2. The predicted octanol–water partition coefficient (Wildman–Crippen LogP) is 3.95. The number of carboxylic acids is 1. The van der Waals surface area contributed by atoms with E-state index in [4.69, 9.17) is 0 Å². The zero-order valence-electron chi connectivity index (χ0n) is 20.5. The molecule has 188 valence electrons. The van der Waals surface area contributed by atoms with E-state index in [-0.39, 0.29) is 22.8 Å². The molecule has 3 heterocycles. The maximum atomic E-state index is 12.8. The van der Waals surface area contributed by atoms with Crippen molar-refractivity contribution < 1.29 is 14.7 Å². The molecule has 5 rings (SSSR count). The van der Waals surface area contributed by atoms with Gasteiger partial charge in [0.15, 0.2) is 5.65 Å². The normalized spacial score (nSPS) is 13.3. The van der Waals surface area contributed by atoms with Crippen molar-refractivity contribution in [3.8, 4) is 5.69 Å². The minimum absolute atomic E-state index is 0.122. The SMILES string of the molecule is CCc1ccc(-n2cc(C(=O)O)c(=O)c3cnc(Nc4ccc(CCN5CCCC5=O)cc4)nc32)cc1. The molecule has 0 radical (unpaired) electrons. The van der Waals surface area contributed by atoms with E-state index in [9.17, 15) is 19.5 Å². The summed E-state index contributed by atoms with van der Waals surface area (Å²) in [5.41, 5.74) is 3.05. The van der Waals surface area contributed by atoms with Crippen molar-refractivity contribution in [1.29, 1.82) is 0 Å². The minimum atomic E-state index is -1.30. The zero-order valence-corrected chi connectivity index (χ0v) is 20.5. The summed E-state index contributed by atoms with van der Waals surface area (Å²) in [6.07, 6.45) is 5.90. The fourth-order valence-electron chi connectivity index (χ4n) is 4.50. The van der Waals surface area contributed by atoms with E-state index in [0.717, 1.165) is 42.6 Å². The summed E-state index contributed by atoms with van der Waals surface area (Å²) in [5, 5.41) is 12.9. The van der Waals surface area contributed by atoms with Gasteiger partial charge in [-0.15, -0.1) is 0 Å². The molecule has 4 aromatic rings. The van der Waals surface area contributed by atoms with Crippen LogP contribution in [0.4, 0.5) is 11.6 Å². The number of rotatable bonds is 8. The Balaban J connectivity index is 1.43. The van der Waals surface area contributed by atoms with Crippen molar-refractivity contribution in [3.05, 3.63) is 87.8 Å². The van der Waals surface area contributed by atoms with Crippen LogP contribution in [0, 0.1) is 0 Å². The number of hydrogen-bond donors (Lipinski definition) is 2. The Morgan fingerprint density at radius 3 is 2.43 bits per heavy atom. The number of likely N-dealkylation sites (tertiary alicyclic amines) is 1. The maximum Gasteiger partial charge on any atom is 0.341 e. The maximum absolute atomic E-state index is 12.8. The Morgan fingerprint density at radius 2 is 1.78 bits per heavy atom. The number of fused-ring (bicyclic) bond motifs is 1. The Hall–Kier alpha value is -4.53. The van der Waals surface area contributed by atoms with Crippen LogP contribution in [0.1, 0.15) is 41.3 Å². The molecule has 0 spiro atoms. The number of pyridine rings is 1. The van der Waals surface area contributed by atoms with E-state index >= 15 is 0 Å². The molecule has 37 heavy (non-hydrogen) atoms. The first-order valence-corrected chi connectivity index (χ1v) is 12.3. The molecule has 2 aromatic carbocycles. The molecule has 2 N–H and O–H groups in total. The molecule has 0 unspecified atom stereocenters. The molecule has 0 bridgehead atoms. The van der Waals surface area contributed by atoms with E-state index in [1.54, 1.807) is 4.57 Å². The van der Waals surface area contributed by atoms with Crippen molar-refractivity contribution >= 4 is 34.5 Å². The number of benzene rings is 2. The van der Waals surface area contributed by atoms with Gasteiger partial charge in [0.05, 0.1) is 5.39 Å². The van der Waals surface area contributed by atoms with Crippen LogP contribution >= 0.6 is 0 Å². The first-order valence-electron chi connectivity index (χ1n) is 12.3. The quantitative estimate of drug-likeness (QED) is 0.378. The van der Waals surface area contributed by atoms with Gasteiger partial charge in [-0.3, -0.25) is 9.59 Å². The molecule has 1 fully saturated rings. The van der Waals surface area contributed by atoms with Gasteiger partial charge in [-0.1, -0.05) is 31.2 Å². The number of nitrogens with zero attached hydrogens (tertiary/aromatic N) is 4. The molecule has 0 saturated carbocycles. The van der Waals surface area contributed by atoms with E-state index in [1.165, 1.54) is 12.4 Å². The number of nitrogens with one attached hydrogen (secondary N) is 1. The summed E-state index contributed by atoms with van der Waals surface area (Å²) in [4.78, 5) is 47.1. The van der Waals surface area contributed by atoms with Gasteiger partial charge in [-0.05, 0) is 54.7 Å². The molecule has 1 saturated heterocycles. The topological polar surface area (TPSA) is 117 Å². The third-order valence-electron chi connectivity index (χ3n) is 6.65. The van der Waals surface area contributed by atoms with Crippen LogP contribution in [0.15, 0.2) is 65.7 Å². The van der Waals surface area contributed by atoms with Crippen LogP contribution in [-0.2, 0) is 17.6 Å². The van der Waals surface area contributed by atoms with Crippen molar-refractivity contribution in [2.45, 2.75) is 32.6 Å². The third-order valence-corrected chi connectivity index (χ3v) is 6.65. The molecule has 0 atom stereocenters. The van der Waals surface area contributed by atoms with Crippen molar-refractivity contribution in [3.63, 3.8) is 0 Å². The van der Waals surface area contributed by atoms with E-state index in [0.29, 0.717) is 24.3 Å². The van der Waals surface area contributed by atoms with Gasteiger partial charge in [0.25, 0.3) is 0 Å². The number of amides is 1. The molecular weight excluding hydrogens is 470 g/mol. The summed E-state index contributed by atoms with van der Waals surface area (Å²) < 4.78 is 1.61. The highest BCUT2D eigenvalue weighted by atomic mass is 16.4. The van der Waals surface area contributed by atoms with Gasteiger partial charge in [0.1, 0.15) is 5.56 Å². The summed E-state index contributed by atoms with van der Waals surface area (Å²) in [6, 6.07) is 15.5. The van der Waals surface area contributed by atoms with Gasteiger partial charge >= 0.3 is 5.97 Å². The zero-order chi connectivity index (χ0) is 25.9. The van der Waals surface area contributed by atoms with Crippen LogP contribution in [0.3, 0.4) is 0 Å². The molecular formula is C28H27N5O4. The fraction of sp³-hybridized carbons (Fsp3) is 0.250. The molecule has 2 aromatic heterocycles. The van der Waals surface area contributed by atoms with Crippen LogP contribution in [-0.4, -0.2) is 49.5 Å². The summed E-state index contributed by atoms with van der Waals surface area (Å²) in [7, 11) is 0. The number of carbonyl (C=O) groups is 2. The highest BCUT2D eigenvalue weighted by molar-refractivity contribution is 5.92. The predicted molar refractivity (Wildman–Crippen MR) is 141 cm³/mol. The van der Waals surface area contributed by atoms with Crippen molar-refractivity contribution in [1.82, 2.24) is 19.4 Å². The van der Waals surface area contributed by atoms with Gasteiger partial charge in [0.2, 0.25) is 17.3 Å². The van der Waals surface area contributed by atoms with E-state index in [1.807, 2.05) is 53.4 Å². The van der Waals surface area contributed by atoms with E-state index in [2.05, 4.69) is 22.2 Å². The van der Waals surface area contributed by atoms with Crippen molar-refractivity contribution in [2.75, 3.05) is 18.4 Å². The lowest BCUT2D eigenvalue weighted by molar-refractivity contribution is -0.127. The van der Waals surface area contributed by atoms with Gasteiger partial charge < -0.3 is 19.9 Å². The number of aromatic carboxylic acids is 1. The lowest BCUT2D eigenvalue weighted by atomic mass is 10.1. The van der Waals surface area contributed by atoms with Crippen LogP contribution in [0.5, 0.6) is 0 Å². The number of aromatic nitrogens is 3. The number of carboxylic acid groups (broad SMARTS) is 1. The number of hydrogen-bond acceptors (Lipinski definition) is 6. The molecule has 1 aliphatic heterocycles. The van der Waals surface area contributed by atoms with Crippen LogP contribution < -0.4 is 10.7 Å². The van der Waals surface area contributed by atoms with Crippen molar-refractivity contribution in [2.24, 2.45) is 0 Å². The number of aryl methyl sites for hydroxylation is 1. The van der Waals surface area contributed by atoms with Gasteiger partial charge in [0, 0.05) is 43.3 Å². The average molecular weight is 498 g/mol. The second-order valence-corrected chi connectivity index (χ2v) is 9.05. The Labute approximate surface area is 213 Å². The molecule has 9 heteroatoms. The molecule has 1 amide bonds. The van der Waals surface area contributed by atoms with Gasteiger partial charge in [-0.2, -0.15) is 4.98 Å². The Bertz CT molecular complexity index is 1530. The first kappa shape index (κ1) is 24.2. The second kappa shape index (κ2) is 10.2. The molecule has 9 nitrogen and oxygen atoms in total. The second-order valence-electron chi connectivity index (χ2n) is 9.05. The standard InChI is InChI=1S/C28H27N5O4/c1-2-18-7-11-21(12-8-18)33-17-23(27(36)37)25(35)22-16-29-28(31-26(22)33)30-20-9-5-19(6-10-20)13-15-32-14-3-4-24(32)34/h5-12,16-17H,2-4,13-15H2,1H3,(H,36,37)(H,29,30,31). The van der Waals surface area contributed by atoms with Crippen LogP contribution in [0.25, 0.3) is 16.7 Å². The first-order chi connectivity index (χ1) is 17.9. The highest BCUT2D eigenvalue weighted by Gasteiger charge is 2.20. The monoisotopic (exact) mass is 497 g/mol. The summed E-state index contributed by atoms with van der Waals surface area (Å²) >= 11 is 0. The summed E-state index contributed by atoms with van der Waals surface area (Å²) in [5.74, 6) is -0.798. The molecule has 0 aliphatic carbocycles. The Morgan fingerprint density at radius 1 is 1.05 bits per heavy atom.